The molecule has 3 nitrogen and oxygen atoms in total. The molecule has 1 aliphatic carbocycles. The van der Waals surface area contributed by atoms with E-state index in [1.54, 1.807) is 0 Å². The molecule has 2 atom stereocenters. The van der Waals surface area contributed by atoms with E-state index in [1.807, 2.05) is 0 Å². The number of hydrogen-bond acceptors (Lipinski definition) is 1. The van der Waals surface area contributed by atoms with Gasteiger partial charge in [-0.05, 0) is 12.2 Å². The number of carbonyl (C=O) groups excluding carboxylic acids is 1. The molecular weight excluding hydrogens is 309 g/mol. The van der Waals surface area contributed by atoms with Crippen LogP contribution in [-0.2, 0) is 0 Å². The van der Waals surface area contributed by atoms with Gasteiger partial charge in [-0.2, -0.15) is 8.78 Å². The van der Waals surface area contributed by atoms with Gasteiger partial charge in [0.1, 0.15) is 5.70 Å². The molecule has 1 aliphatic heterocycles. The second-order valence-electron chi connectivity index (χ2n) is 4.97. The standard InChI is InChI=1S/C11H9F7N2O/c1-5(2)11(16)9(13)7(19(17)8(21)20(11)18)4-3-6(12)10(9,14)15/h3-5H,1-2H3. The van der Waals surface area contributed by atoms with Crippen molar-refractivity contribution in [3.63, 3.8) is 0 Å². The smallest absolute Gasteiger partial charge is 0.243 e. The molecule has 1 saturated heterocycles. The van der Waals surface area contributed by atoms with Crippen LogP contribution in [0.3, 0.4) is 0 Å². The number of amides is 2. The topological polar surface area (TPSA) is 23.6 Å². The molecule has 0 saturated carbocycles. The minimum absolute atomic E-state index is 0.0122. The van der Waals surface area contributed by atoms with Crippen molar-refractivity contribution in [1.82, 2.24) is 10.2 Å². The third-order valence-corrected chi connectivity index (χ3v) is 3.55. The summed E-state index contributed by atoms with van der Waals surface area (Å²) in [5.74, 6) is -13.8. The molecule has 1 fully saturated rings. The lowest BCUT2D eigenvalue weighted by Crippen LogP contribution is -2.75. The molecule has 2 amide bonds. The Labute approximate surface area is 114 Å². The van der Waals surface area contributed by atoms with Crippen LogP contribution in [0.15, 0.2) is 23.7 Å². The zero-order chi connectivity index (χ0) is 16.4. The molecule has 21 heavy (non-hydrogen) atoms. The van der Waals surface area contributed by atoms with Crippen molar-refractivity contribution < 1.29 is 35.7 Å². The van der Waals surface area contributed by atoms with E-state index in [2.05, 4.69) is 0 Å². The Morgan fingerprint density at radius 1 is 1.10 bits per heavy atom. The van der Waals surface area contributed by atoms with Gasteiger partial charge in [0.15, 0.2) is 5.83 Å². The molecule has 2 aliphatic rings. The number of allylic oxidation sites excluding steroid dienone is 3. The predicted octanol–water partition coefficient (Wildman–Crippen LogP) is 3.91. The first-order valence-corrected chi connectivity index (χ1v) is 5.74. The molecule has 10 heteroatoms. The fourth-order valence-electron chi connectivity index (χ4n) is 2.38. The predicted molar refractivity (Wildman–Crippen MR) is 56.0 cm³/mol. The lowest BCUT2D eigenvalue weighted by molar-refractivity contribution is -0.296. The minimum Gasteiger partial charge on any atom is -0.243 e. The zero-order valence-corrected chi connectivity index (χ0v) is 10.7. The molecule has 0 bridgehead atoms. The lowest BCUT2D eigenvalue weighted by atomic mass is 9.74. The lowest BCUT2D eigenvalue weighted by Gasteiger charge is -2.52. The van der Waals surface area contributed by atoms with Crippen molar-refractivity contribution in [2.45, 2.75) is 31.2 Å². The summed E-state index contributed by atoms with van der Waals surface area (Å²) in [5.41, 5.74) is -6.56. The van der Waals surface area contributed by atoms with Crippen LogP contribution in [0.1, 0.15) is 13.8 Å². The maximum atomic E-state index is 14.8. The highest BCUT2D eigenvalue weighted by atomic mass is 19.3. The number of urea groups is 1. The number of alkyl halides is 4. The summed E-state index contributed by atoms with van der Waals surface area (Å²) in [7, 11) is 0. The average molecular weight is 318 g/mol. The van der Waals surface area contributed by atoms with Crippen molar-refractivity contribution in [3.05, 3.63) is 23.7 Å². The molecule has 1 heterocycles. The molecule has 0 spiro atoms. The van der Waals surface area contributed by atoms with E-state index in [1.165, 1.54) is 0 Å². The van der Waals surface area contributed by atoms with Gasteiger partial charge in [-0.25, -0.2) is 18.0 Å². The third-order valence-electron chi connectivity index (χ3n) is 3.55. The molecule has 2 rings (SSSR count). The van der Waals surface area contributed by atoms with E-state index in [-0.39, 0.29) is 12.2 Å². The molecule has 2 unspecified atom stereocenters. The van der Waals surface area contributed by atoms with Crippen LogP contribution < -0.4 is 0 Å². The Bertz CT molecular complexity index is 561. The first-order valence-electron chi connectivity index (χ1n) is 5.74. The van der Waals surface area contributed by atoms with Gasteiger partial charge >= 0.3 is 12.0 Å². The zero-order valence-electron chi connectivity index (χ0n) is 10.7. The van der Waals surface area contributed by atoms with Crippen molar-refractivity contribution in [3.8, 4) is 0 Å². The van der Waals surface area contributed by atoms with Gasteiger partial charge in [0.05, 0.1) is 0 Å². The van der Waals surface area contributed by atoms with Gasteiger partial charge in [0, 0.05) is 5.92 Å². The number of rotatable bonds is 1. The Morgan fingerprint density at radius 2 is 1.62 bits per heavy atom. The third kappa shape index (κ3) is 1.47. The largest absolute Gasteiger partial charge is 0.383 e. The van der Waals surface area contributed by atoms with Crippen LogP contribution in [0.2, 0.25) is 0 Å². The Balaban J connectivity index is 2.83. The summed E-state index contributed by atoms with van der Waals surface area (Å²) in [6, 6.07) is -2.32. The SMILES string of the molecule is CC(C)C1(F)N(F)C(=O)N(F)C2=CC=C(F)C(F)(F)C21F. The van der Waals surface area contributed by atoms with Gasteiger partial charge in [0.2, 0.25) is 0 Å². The van der Waals surface area contributed by atoms with Crippen molar-refractivity contribution in [2.24, 2.45) is 5.92 Å². The number of fused-ring (bicyclic) bond motifs is 1. The summed E-state index contributed by atoms with van der Waals surface area (Å²) in [6.07, 6.45) is 0.121. The number of carbonyl (C=O) groups is 1. The Morgan fingerprint density at radius 3 is 2.10 bits per heavy atom. The molecule has 118 valence electrons. The van der Waals surface area contributed by atoms with Gasteiger partial charge in [-0.1, -0.05) is 22.8 Å². The average Bonchev–Trinajstić information content (AvgIpc) is 2.40. The van der Waals surface area contributed by atoms with Crippen molar-refractivity contribution in [2.75, 3.05) is 0 Å². The van der Waals surface area contributed by atoms with Crippen molar-refractivity contribution in [1.29, 1.82) is 0 Å². The second-order valence-corrected chi connectivity index (χ2v) is 4.97. The van der Waals surface area contributed by atoms with E-state index in [0.29, 0.717) is 0 Å². The van der Waals surface area contributed by atoms with Crippen LogP contribution >= 0.6 is 0 Å². The number of halogens is 7. The van der Waals surface area contributed by atoms with Crippen LogP contribution in [0, 0.1) is 5.92 Å². The van der Waals surface area contributed by atoms with E-state index >= 15 is 0 Å². The number of nitrogens with zero attached hydrogens (tertiary/aromatic N) is 2. The molecule has 0 aromatic rings. The van der Waals surface area contributed by atoms with Crippen LogP contribution in [0.5, 0.6) is 0 Å². The fraction of sp³-hybridized carbons (Fsp3) is 0.545. The van der Waals surface area contributed by atoms with Gasteiger partial charge in [-0.3, -0.25) is 0 Å². The molecule has 0 N–H and O–H groups in total. The highest BCUT2D eigenvalue weighted by molar-refractivity contribution is 5.78. The van der Waals surface area contributed by atoms with Crippen molar-refractivity contribution >= 4 is 6.03 Å². The normalized spacial score (nSPS) is 35.6. The van der Waals surface area contributed by atoms with Crippen LogP contribution in [0.4, 0.5) is 35.7 Å². The molecule has 0 aromatic carbocycles. The summed E-state index contributed by atoms with van der Waals surface area (Å²) < 4.78 is 97.7. The Hall–Kier alpha value is -1.74. The van der Waals surface area contributed by atoms with E-state index in [0.717, 1.165) is 13.8 Å². The quantitative estimate of drug-likeness (QED) is 0.408. The van der Waals surface area contributed by atoms with Gasteiger partial charge < -0.3 is 0 Å². The highest BCUT2D eigenvalue weighted by Crippen LogP contribution is 2.60. The summed E-state index contributed by atoms with van der Waals surface area (Å²) >= 11 is 0. The summed E-state index contributed by atoms with van der Waals surface area (Å²) in [6.45, 7) is 1.58. The number of hydrogen-bond donors (Lipinski definition) is 0. The molecule has 0 aromatic heterocycles. The maximum absolute atomic E-state index is 14.8. The fourth-order valence-corrected chi connectivity index (χ4v) is 2.38. The summed E-state index contributed by atoms with van der Waals surface area (Å²) in [5, 5.41) is -2.92. The van der Waals surface area contributed by atoms with Crippen LogP contribution in [0.25, 0.3) is 0 Å². The second kappa shape index (κ2) is 4.14. The first kappa shape index (κ1) is 15.6. The molecular formula is C11H9F7N2O. The van der Waals surface area contributed by atoms with Crippen LogP contribution in [-0.4, -0.2) is 33.7 Å². The highest BCUT2D eigenvalue weighted by Gasteiger charge is 2.81. The first-order chi connectivity index (χ1) is 9.44. The summed E-state index contributed by atoms with van der Waals surface area (Å²) in [4.78, 5) is 11.2. The minimum atomic E-state index is -5.20. The maximum Gasteiger partial charge on any atom is 0.383 e. The van der Waals surface area contributed by atoms with Gasteiger partial charge in [0.25, 0.3) is 11.5 Å². The van der Waals surface area contributed by atoms with E-state index < -0.39 is 51.1 Å². The van der Waals surface area contributed by atoms with E-state index in [4.69, 9.17) is 0 Å². The monoisotopic (exact) mass is 318 g/mol. The van der Waals surface area contributed by atoms with Gasteiger partial charge in [-0.15, -0.1) is 10.2 Å². The Kier molecular flexibility index (Phi) is 3.08. The molecule has 0 radical (unpaired) electrons. The van der Waals surface area contributed by atoms with E-state index in [9.17, 15) is 35.7 Å².